The van der Waals surface area contributed by atoms with E-state index in [1.54, 1.807) is 25.3 Å². The maximum atomic E-state index is 12.0. The zero-order valence-electron chi connectivity index (χ0n) is 15.1. The molecule has 0 spiro atoms. The van der Waals surface area contributed by atoms with Gasteiger partial charge in [0.25, 0.3) is 11.1 Å². The highest BCUT2D eigenvalue weighted by Crippen LogP contribution is 2.26. The average molecular weight is 406 g/mol. The largest absolute Gasteiger partial charge is 0.497 e. The second kappa shape index (κ2) is 8.79. The van der Waals surface area contributed by atoms with E-state index in [-0.39, 0.29) is 36.4 Å². The lowest BCUT2D eigenvalue weighted by Crippen LogP contribution is -2.38. The predicted octanol–water partition coefficient (Wildman–Crippen LogP) is 1.34. The molecule has 1 fully saturated rings. The number of nitrogens with one attached hydrogen (secondary N) is 1. The molecule has 1 aliphatic heterocycles. The minimum atomic E-state index is -0.574. The molecule has 1 aromatic heterocycles. The number of furan rings is 1. The number of rotatable bonds is 8. The van der Waals surface area contributed by atoms with Crippen LogP contribution in [0.5, 0.6) is 5.75 Å². The van der Waals surface area contributed by atoms with Gasteiger partial charge >= 0.3 is 5.97 Å². The molecule has 0 radical (unpaired) electrons. The van der Waals surface area contributed by atoms with Crippen molar-refractivity contribution in [2.45, 2.75) is 6.42 Å². The van der Waals surface area contributed by atoms with E-state index in [2.05, 4.69) is 5.32 Å². The summed E-state index contributed by atoms with van der Waals surface area (Å²) < 4.78 is 15.5. The molecule has 3 amide bonds. The van der Waals surface area contributed by atoms with Crippen molar-refractivity contribution in [3.63, 3.8) is 0 Å². The number of hydrogen-bond acceptors (Lipinski definition) is 8. The lowest BCUT2D eigenvalue weighted by atomic mass is 10.1. The molecule has 9 nitrogen and oxygen atoms in total. The maximum absolute atomic E-state index is 12.0. The molecule has 28 heavy (non-hydrogen) atoms. The maximum Gasteiger partial charge on any atom is 0.310 e. The number of nitrogens with zero attached hydrogens (tertiary/aromatic N) is 1. The van der Waals surface area contributed by atoms with Crippen molar-refractivity contribution in [2.24, 2.45) is 0 Å². The van der Waals surface area contributed by atoms with Gasteiger partial charge in [-0.1, -0.05) is 11.8 Å². The van der Waals surface area contributed by atoms with Gasteiger partial charge in [-0.25, -0.2) is 0 Å². The Balaban J connectivity index is 1.42. The number of fused-ring (bicyclic) bond motifs is 1. The highest BCUT2D eigenvalue weighted by Gasteiger charge is 2.29. The van der Waals surface area contributed by atoms with Gasteiger partial charge in [-0.15, -0.1) is 0 Å². The Morgan fingerprint density at radius 3 is 2.86 bits per heavy atom. The van der Waals surface area contributed by atoms with Gasteiger partial charge in [0.2, 0.25) is 5.91 Å². The van der Waals surface area contributed by atoms with Crippen LogP contribution in [-0.2, 0) is 25.5 Å². The van der Waals surface area contributed by atoms with E-state index in [4.69, 9.17) is 13.9 Å². The molecule has 1 aliphatic rings. The Kier molecular flexibility index (Phi) is 6.19. The van der Waals surface area contributed by atoms with Crippen molar-refractivity contribution in [1.82, 2.24) is 10.2 Å². The topological polar surface area (TPSA) is 115 Å². The van der Waals surface area contributed by atoms with E-state index in [1.165, 1.54) is 6.26 Å². The van der Waals surface area contributed by atoms with Crippen LogP contribution >= 0.6 is 11.8 Å². The SMILES string of the molecule is COc1ccc2c(CC(=O)OCC(=O)NCCN3C(=O)CSC3=O)coc2c1. The van der Waals surface area contributed by atoms with Crippen LogP contribution in [-0.4, -0.2) is 60.5 Å². The third kappa shape index (κ3) is 4.63. The van der Waals surface area contributed by atoms with Crippen LogP contribution in [0.3, 0.4) is 0 Å². The fourth-order valence-corrected chi connectivity index (χ4v) is 3.39. The molecule has 10 heteroatoms. The van der Waals surface area contributed by atoms with E-state index in [9.17, 15) is 19.2 Å². The molecule has 0 aliphatic carbocycles. The number of carbonyl (C=O) groups is 4. The van der Waals surface area contributed by atoms with E-state index in [0.29, 0.717) is 16.9 Å². The molecule has 2 aromatic rings. The standard InChI is InChI=1S/C18H18N2O7S/c1-25-12-2-3-13-11(8-26-14(13)7-12)6-17(23)27-9-15(21)19-4-5-20-16(22)10-28-18(20)24/h2-3,7-8H,4-6,9-10H2,1H3,(H,19,21). The first kappa shape index (κ1) is 19.7. The summed E-state index contributed by atoms with van der Waals surface area (Å²) in [6.45, 7) is -0.253. The van der Waals surface area contributed by atoms with E-state index < -0.39 is 18.5 Å². The number of amides is 3. The Bertz CT molecular complexity index is 908. The van der Waals surface area contributed by atoms with Crippen molar-refractivity contribution >= 4 is 45.8 Å². The second-order valence-corrected chi connectivity index (χ2v) is 6.84. The number of ether oxygens (including phenoxy) is 2. The summed E-state index contributed by atoms with van der Waals surface area (Å²) in [7, 11) is 1.55. The van der Waals surface area contributed by atoms with Gasteiger partial charge in [0.05, 0.1) is 25.5 Å². The monoisotopic (exact) mass is 406 g/mol. The average Bonchev–Trinajstić information content (AvgIpc) is 3.23. The minimum Gasteiger partial charge on any atom is -0.497 e. The van der Waals surface area contributed by atoms with Crippen molar-refractivity contribution in [3.8, 4) is 5.75 Å². The van der Waals surface area contributed by atoms with Gasteiger partial charge in [-0.2, -0.15) is 0 Å². The summed E-state index contributed by atoms with van der Waals surface area (Å²) in [4.78, 5) is 47.7. The van der Waals surface area contributed by atoms with E-state index in [1.807, 2.05) is 0 Å². The Labute approximate surface area is 164 Å². The Hall–Kier alpha value is -3.01. The molecular weight excluding hydrogens is 388 g/mol. The number of esters is 1. The summed E-state index contributed by atoms with van der Waals surface area (Å²) in [6.07, 6.45) is 1.42. The van der Waals surface area contributed by atoms with Crippen LogP contribution in [0, 0.1) is 0 Å². The Morgan fingerprint density at radius 1 is 1.32 bits per heavy atom. The zero-order valence-corrected chi connectivity index (χ0v) is 15.9. The molecule has 0 bridgehead atoms. The van der Waals surface area contributed by atoms with E-state index in [0.717, 1.165) is 22.0 Å². The molecule has 0 unspecified atom stereocenters. The third-order valence-electron chi connectivity index (χ3n) is 4.06. The number of hydrogen-bond donors (Lipinski definition) is 1. The normalized spacial score (nSPS) is 13.8. The van der Waals surface area contributed by atoms with Gasteiger partial charge in [-0.3, -0.25) is 24.1 Å². The number of thioether (sulfide) groups is 1. The Morgan fingerprint density at radius 2 is 2.14 bits per heavy atom. The number of imide groups is 1. The summed E-state index contributed by atoms with van der Waals surface area (Å²) in [6, 6.07) is 5.26. The molecule has 1 aromatic carbocycles. The van der Waals surface area contributed by atoms with Gasteiger partial charge in [0, 0.05) is 30.1 Å². The molecule has 1 N–H and O–H groups in total. The molecule has 0 saturated carbocycles. The van der Waals surface area contributed by atoms with Crippen LogP contribution < -0.4 is 10.1 Å². The van der Waals surface area contributed by atoms with Crippen molar-refractivity contribution in [3.05, 3.63) is 30.0 Å². The summed E-state index contributed by atoms with van der Waals surface area (Å²) >= 11 is 0.932. The van der Waals surface area contributed by atoms with Gasteiger partial charge in [0.15, 0.2) is 6.61 Å². The van der Waals surface area contributed by atoms with Crippen molar-refractivity contribution < 1.29 is 33.1 Å². The first-order valence-electron chi connectivity index (χ1n) is 8.41. The highest BCUT2D eigenvalue weighted by atomic mass is 32.2. The molecule has 148 valence electrons. The molecular formula is C18H18N2O7S. The molecule has 0 atom stereocenters. The van der Waals surface area contributed by atoms with Crippen molar-refractivity contribution in [1.29, 1.82) is 0 Å². The first-order chi connectivity index (χ1) is 13.5. The summed E-state index contributed by atoms with van der Waals surface area (Å²) in [5.41, 5.74) is 1.23. The minimum absolute atomic E-state index is 0.0411. The predicted molar refractivity (Wildman–Crippen MR) is 100 cm³/mol. The van der Waals surface area contributed by atoms with Crippen LogP contribution in [0.1, 0.15) is 5.56 Å². The fraction of sp³-hybridized carbons (Fsp3) is 0.333. The van der Waals surface area contributed by atoms with Crippen LogP contribution in [0.15, 0.2) is 28.9 Å². The van der Waals surface area contributed by atoms with Crippen LogP contribution in [0.25, 0.3) is 11.0 Å². The molecule has 1 saturated heterocycles. The number of methoxy groups -OCH3 is 1. The quantitative estimate of drug-likeness (QED) is 0.653. The number of benzene rings is 1. The lowest BCUT2D eigenvalue weighted by molar-refractivity contribution is -0.147. The third-order valence-corrected chi connectivity index (χ3v) is 4.92. The second-order valence-electron chi connectivity index (χ2n) is 5.91. The summed E-state index contributed by atoms with van der Waals surface area (Å²) in [5, 5.41) is 2.94. The first-order valence-corrected chi connectivity index (χ1v) is 9.40. The van der Waals surface area contributed by atoms with Gasteiger partial charge in [0.1, 0.15) is 11.3 Å². The smallest absolute Gasteiger partial charge is 0.310 e. The molecule has 2 heterocycles. The zero-order chi connectivity index (χ0) is 20.1. The van der Waals surface area contributed by atoms with Gasteiger partial charge in [-0.05, 0) is 12.1 Å². The van der Waals surface area contributed by atoms with Crippen LogP contribution in [0.4, 0.5) is 4.79 Å². The van der Waals surface area contributed by atoms with Crippen LogP contribution in [0.2, 0.25) is 0 Å². The fourth-order valence-electron chi connectivity index (χ4n) is 2.64. The molecule has 3 rings (SSSR count). The summed E-state index contributed by atoms with van der Waals surface area (Å²) in [5.74, 6) is -0.596. The van der Waals surface area contributed by atoms with Gasteiger partial charge < -0.3 is 19.2 Å². The van der Waals surface area contributed by atoms with Crippen molar-refractivity contribution in [2.75, 3.05) is 32.6 Å². The lowest BCUT2D eigenvalue weighted by Gasteiger charge is -2.13. The highest BCUT2D eigenvalue weighted by molar-refractivity contribution is 8.14. The van der Waals surface area contributed by atoms with E-state index >= 15 is 0 Å². The number of carbonyl (C=O) groups excluding carboxylic acids is 4.